The van der Waals surface area contributed by atoms with Gasteiger partial charge in [-0.05, 0) is 62.3 Å². The summed E-state index contributed by atoms with van der Waals surface area (Å²) in [6.45, 7) is 8.38. The highest BCUT2D eigenvalue weighted by molar-refractivity contribution is 6.03. The van der Waals surface area contributed by atoms with Crippen molar-refractivity contribution in [3.63, 3.8) is 0 Å². The molecule has 1 aliphatic carbocycles. The molecule has 4 aliphatic rings. The molecular weight excluding hydrogens is 444 g/mol. The van der Waals surface area contributed by atoms with Crippen LogP contribution < -0.4 is 10.2 Å². The first-order chi connectivity index (χ1) is 16.7. The lowest BCUT2D eigenvalue weighted by Gasteiger charge is -2.26. The molecule has 2 amide bonds. The van der Waals surface area contributed by atoms with Crippen molar-refractivity contribution in [1.82, 2.24) is 5.32 Å². The van der Waals surface area contributed by atoms with Gasteiger partial charge in [0.1, 0.15) is 11.5 Å². The normalized spacial score (nSPS) is 30.3. The van der Waals surface area contributed by atoms with Crippen LogP contribution >= 0.6 is 0 Å². The lowest BCUT2D eigenvalue weighted by Crippen LogP contribution is -2.46. The average Bonchev–Trinajstić information content (AvgIpc) is 3.54. The minimum absolute atomic E-state index is 0.125. The number of carbonyl (C=O) groups is 3. The van der Waals surface area contributed by atoms with Gasteiger partial charge in [0.05, 0.1) is 18.6 Å². The van der Waals surface area contributed by atoms with E-state index in [-0.39, 0.29) is 23.8 Å². The van der Waals surface area contributed by atoms with Crippen molar-refractivity contribution in [2.24, 2.45) is 17.8 Å². The summed E-state index contributed by atoms with van der Waals surface area (Å²) >= 11 is 0. The minimum Gasteiger partial charge on any atom is -0.452 e. The predicted molar refractivity (Wildman–Crippen MR) is 132 cm³/mol. The summed E-state index contributed by atoms with van der Waals surface area (Å²) in [6, 6.07) is 6.18. The van der Waals surface area contributed by atoms with E-state index in [2.05, 4.69) is 11.4 Å². The number of benzene rings is 1. The molecule has 2 bridgehead atoms. The minimum atomic E-state index is -0.866. The number of anilines is 1. The van der Waals surface area contributed by atoms with Crippen LogP contribution in [0.15, 0.2) is 30.4 Å². The molecule has 1 aromatic rings. The van der Waals surface area contributed by atoms with Crippen molar-refractivity contribution in [1.29, 1.82) is 0 Å². The van der Waals surface area contributed by atoms with E-state index in [9.17, 15) is 14.4 Å². The van der Waals surface area contributed by atoms with Gasteiger partial charge in [-0.25, -0.2) is 0 Å². The largest absolute Gasteiger partial charge is 0.452 e. The molecule has 3 fully saturated rings. The van der Waals surface area contributed by atoms with Crippen LogP contribution in [0.1, 0.15) is 57.1 Å². The molecule has 7 heteroatoms. The monoisotopic (exact) mass is 480 g/mol. The molecule has 0 aromatic heterocycles. The van der Waals surface area contributed by atoms with Gasteiger partial charge in [-0.15, -0.1) is 0 Å². The summed E-state index contributed by atoms with van der Waals surface area (Å²) in [7, 11) is 0. The van der Waals surface area contributed by atoms with Crippen LogP contribution in [-0.2, 0) is 23.9 Å². The summed E-state index contributed by atoms with van der Waals surface area (Å²) in [6.07, 6.45) is 7.02. The molecule has 35 heavy (non-hydrogen) atoms. The number of ether oxygens (including phenoxy) is 2. The van der Waals surface area contributed by atoms with Gasteiger partial charge in [-0.1, -0.05) is 44.9 Å². The van der Waals surface area contributed by atoms with Crippen LogP contribution in [0, 0.1) is 31.6 Å². The summed E-state index contributed by atoms with van der Waals surface area (Å²) in [5.74, 6) is -2.10. The smallest absolute Gasteiger partial charge is 0.313 e. The van der Waals surface area contributed by atoms with Crippen LogP contribution in [0.4, 0.5) is 5.69 Å². The average molecular weight is 481 g/mol. The zero-order chi connectivity index (χ0) is 24.9. The Hall–Kier alpha value is -2.67. The second-order valence-electron chi connectivity index (χ2n) is 11.2. The van der Waals surface area contributed by atoms with Gasteiger partial charge < -0.3 is 19.7 Å². The summed E-state index contributed by atoms with van der Waals surface area (Å²) in [4.78, 5) is 41.9. The molecule has 188 valence electrons. The summed E-state index contributed by atoms with van der Waals surface area (Å²) < 4.78 is 12.1. The quantitative estimate of drug-likeness (QED) is 0.476. The molecule has 1 spiro atoms. The summed E-state index contributed by atoms with van der Waals surface area (Å²) in [5.41, 5.74) is 2.13. The summed E-state index contributed by atoms with van der Waals surface area (Å²) in [5, 5.41) is 3.07. The molecular formula is C28H36N2O5. The molecule has 2 saturated heterocycles. The second-order valence-corrected chi connectivity index (χ2v) is 11.2. The molecule has 3 aliphatic heterocycles. The molecule has 1 aromatic carbocycles. The first-order valence-electron chi connectivity index (χ1n) is 12.9. The molecule has 0 radical (unpaired) electrons. The fourth-order valence-corrected chi connectivity index (χ4v) is 6.31. The highest BCUT2D eigenvalue weighted by Gasteiger charge is 2.67. The van der Waals surface area contributed by atoms with Gasteiger partial charge in [0.25, 0.3) is 5.91 Å². The Labute approximate surface area is 207 Å². The number of fused-ring (bicyclic) bond motifs is 1. The van der Waals surface area contributed by atoms with Gasteiger partial charge in [-0.2, -0.15) is 0 Å². The number of amides is 2. The second kappa shape index (κ2) is 9.08. The lowest BCUT2D eigenvalue weighted by molar-refractivity contribution is -0.163. The van der Waals surface area contributed by atoms with E-state index >= 15 is 0 Å². The number of carbonyl (C=O) groups excluding carboxylic acids is 3. The molecule has 1 saturated carbocycles. The Morgan fingerprint density at radius 3 is 2.51 bits per heavy atom. The molecule has 5 rings (SSSR count). The van der Waals surface area contributed by atoms with E-state index < -0.39 is 35.6 Å². The van der Waals surface area contributed by atoms with Crippen molar-refractivity contribution in [3.8, 4) is 0 Å². The van der Waals surface area contributed by atoms with E-state index in [0.717, 1.165) is 42.5 Å². The number of rotatable bonds is 7. The van der Waals surface area contributed by atoms with Crippen molar-refractivity contribution < 1.29 is 23.9 Å². The Morgan fingerprint density at radius 1 is 1.17 bits per heavy atom. The van der Waals surface area contributed by atoms with Crippen LogP contribution in [0.5, 0.6) is 0 Å². The maximum atomic E-state index is 13.7. The van der Waals surface area contributed by atoms with Crippen LogP contribution in [0.25, 0.3) is 0 Å². The van der Waals surface area contributed by atoms with Gasteiger partial charge in [0.15, 0.2) is 6.10 Å². The first kappa shape index (κ1) is 24.0. The number of nitrogens with zero attached hydrogens (tertiary/aromatic N) is 1. The van der Waals surface area contributed by atoms with Gasteiger partial charge >= 0.3 is 5.97 Å². The zero-order valence-electron chi connectivity index (χ0n) is 21.1. The Kier molecular flexibility index (Phi) is 6.24. The molecule has 3 heterocycles. The third-order valence-corrected chi connectivity index (χ3v) is 7.83. The molecule has 0 unspecified atom stereocenters. The Balaban J connectivity index is 1.35. The first-order valence-corrected chi connectivity index (χ1v) is 12.9. The van der Waals surface area contributed by atoms with Gasteiger partial charge in [0, 0.05) is 11.7 Å². The maximum Gasteiger partial charge on any atom is 0.313 e. The maximum absolute atomic E-state index is 13.7. The predicted octanol–water partition coefficient (Wildman–Crippen LogP) is 3.61. The number of esters is 1. The van der Waals surface area contributed by atoms with Crippen molar-refractivity contribution >= 4 is 23.5 Å². The van der Waals surface area contributed by atoms with E-state index in [1.54, 1.807) is 4.90 Å². The Morgan fingerprint density at radius 2 is 1.86 bits per heavy atom. The third-order valence-electron chi connectivity index (χ3n) is 7.83. The standard InChI is InChI=1S/C28H36N2O5/c1-16(2)11-22(25(31)29-19-7-5-6-8-19)34-27(33)23-21-9-10-28(35-21)15-30(26(32)24(23)28)20-13-17(3)12-18(4)14-20/h9-10,12-14,16,19,21-24H,5-8,11,15H2,1-4H3,(H,29,31)/t21-,22-,23+,24-,28-/m1/s1. The van der Waals surface area contributed by atoms with Crippen molar-refractivity contribution in [2.75, 3.05) is 11.4 Å². The van der Waals surface area contributed by atoms with E-state index in [1.807, 2.05) is 52.0 Å². The van der Waals surface area contributed by atoms with Gasteiger partial charge in [0.2, 0.25) is 5.91 Å². The van der Waals surface area contributed by atoms with Crippen molar-refractivity contribution in [3.05, 3.63) is 41.5 Å². The highest BCUT2D eigenvalue weighted by atomic mass is 16.6. The van der Waals surface area contributed by atoms with Crippen molar-refractivity contribution in [2.45, 2.75) is 83.6 Å². The van der Waals surface area contributed by atoms with Crippen LogP contribution in [0.3, 0.4) is 0 Å². The van der Waals surface area contributed by atoms with E-state index in [4.69, 9.17) is 9.47 Å². The van der Waals surface area contributed by atoms with E-state index in [0.29, 0.717) is 13.0 Å². The molecule has 1 N–H and O–H groups in total. The number of aryl methyl sites for hydroxylation is 2. The number of hydrogen-bond acceptors (Lipinski definition) is 5. The fraction of sp³-hybridized carbons (Fsp3) is 0.607. The third kappa shape index (κ3) is 4.39. The molecule has 5 atom stereocenters. The van der Waals surface area contributed by atoms with E-state index in [1.165, 1.54) is 0 Å². The molecule has 7 nitrogen and oxygen atoms in total. The van der Waals surface area contributed by atoms with Crippen LogP contribution in [0.2, 0.25) is 0 Å². The van der Waals surface area contributed by atoms with Gasteiger partial charge in [-0.3, -0.25) is 14.4 Å². The lowest BCUT2D eigenvalue weighted by atomic mass is 9.77. The number of nitrogens with one attached hydrogen (secondary N) is 1. The highest BCUT2D eigenvalue weighted by Crippen LogP contribution is 2.53. The Bertz CT molecular complexity index is 1040. The topological polar surface area (TPSA) is 84.9 Å². The van der Waals surface area contributed by atoms with Crippen LogP contribution in [-0.4, -0.2) is 48.2 Å². The zero-order valence-corrected chi connectivity index (χ0v) is 21.1. The fourth-order valence-electron chi connectivity index (χ4n) is 6.31. The number of hydrogen-bond donors (Lipinski definition) is 1. The SMILES string of the molecule is Cc1cc(C)cc(N2C[C@@]34C=C[C@@H](O3)[C@H](C(=O)O[C@H](CC(C)C)C(=O)NC3CCCC3)[C@@H]4C2=O)c1.